The van der Waals surface area contributed by atoms with Gasteiger partial charge in [0, 0.05) is 22.2 Å². The van der Waals surface area contributed by atoms with Gasteiger partial charge in [-0.1, -0.05) is 42.5 Å². The molecule has 0 saturated carbocycles. The Bertz CT molecular complexity index is 989. The maximum absolute atomic E-state index is 4.77. The van der Waals surface area contributed by atoms with Crippen LogP contribution in [0.2, 0.25) is 0 Å². The van der Waals surface area contributed by atoms with Gasteiger partial charge in [0.25, 0.3) is 0 Å². The van der Waals surface area contributed by atoms with E-state index in [1.165, 1.54) is 11.1 Å². The normalized spacial score (nSPS) is 11.2. The lowest BCUT2D eigenvalue weighted by atomic mass is 9.97. The smallest absolute Gasteiger partial charge is 0.0974 e. The maximum Gasteiger partial charge on any atom is 0.0974 e. The highest BCUT2D eigenvalue weighted by Gasteiger charge is 2.11. The van der Waals surface area contributed by atoms with Gasteiger partial charge >= 0.3 is 0 Å². The Morgan fingerprint density at radius 3 is 2.14 bits per heavy atom. The first-order valence-corrected chi connectivity index (χ1v) is 7.45. The Morgan fingerprint density at radius 1 is 0.682 bits per heavy atom. The summed E-state index contributed by atoms with van der Waals surface area (Å²) in [6.45, 7) is 4.04. The van der Waals surface area contributed by atoms with Gasteiger partial charge in [0.05, 0.1) is 11.0 Å². The van der Waals surface area contributed by atoms with E-state index in [0.717, 1.165) is 33.2 Å². The van der Waals surface area contributed by atoms with Crippen molar-refractivity contribution in [2.75, 3.05) is 0 Å². The molecule has 2 heterocycles. The monoisotopic (exact) mass is 284 g/mol. The van der Waals surface area contributed by atoms with Crippen LogP contribution in [0.4, 0.5) is 0 Å². The highest BCUT2D eigenvalue weighted by molar-refractivity contribution is 6.10. The van der Waals surface area contributed by atoms with Crippen molar-refractivity contribution in [1.82, 2.24) is 9.97 Å². The molecule has 0 aliphatic heterocycles. The fraction of sp³-hybridized carbons (Fsp3) is 0.100. The molecule has 0 unspecified atom stereocenters. The minimum atomic E-state index is 0.985. The van der Waals surface area contributed by atoms with Gasteiger partial charge in [0.2, 0.25) is 0 Å². The van der Waals surface area contributed by atoms with Crippen molar-refractivity contribution >= 4 is 21.8 Å². The number of aryl methyl sites for hydroxylation is 2. The first-order valence-electron chi connectivity index (χ1n) is 7.45. The zero-order valence-electron chi connectivity index (χ0n) is 12.7. The lowest BCUT2D eigenvalue weighted by Crippen LogP contribution is -1.92. The average Bonchev–Trinajstić information content (AvgIpc) is 2.55. The summed E-state index contributed by atoms with van der Waals surface area (Å²) in [5, 5.41) is 2.29. The summed E-state index contributed by atoms with van der Waals surface area (Å²) >= 11 is 0. The zero-order valence-corrected chi connectivity index (χ0v) is 12.7. The Kier molecular flexibility index (Phi) is 2.90. The fourth-order valence-electron chi connectivity index (χ4n) is 2.92. The largest absolute Gasteiger partial charge is 0.251 e. The average molecular weight is 284 g/mol. The third-order valence-corrected chi connectivity index (χ3v) is 4.00. The van der Waals surface area contributed by atoms with Gasteiger partial charge in [-0.3, -0.25) is 9.97 Å². The topological polar surface area (TPSA) is 25.8 Å². The number of benzene rings is 2. The molecule has 0 aliphatic carbocycles. The van der Waals surface area contributed by atoms with Crippen molar-refractivity contribution in [3.63, 3.8) is 0 Å². The van der Waals surface area contributed by atoms with Crippen molar-refractivity contribution in [3.8, 4) is 11.1 Å². The van der Waals surface area contributed by atoms with Crippen molar-refractivity contribution in [2.24, 2.45) is 0 Å². The van der Waals surface area contributed by atoms with Gasteiger partial charge in [-0.25, -0.2) is 0 Å². The van der Waals surface area contributed by atoms with Gasteiger partial charge in [-0.2, -0.15) is 0 Å². The highest BCUT2D eigenvalue weighted by atomic mass is 14.8. The SMILES string of the molecule is Cc1ccc2cc(-c3ccccc3)c3ccc(C)nc3c2n1. The predicted octanol–water partition coefficient (Wildman–Crippen LogP) is 5.07. The minimum Gasteiger partial charge on any atom is -0.251 e. The second kappa shape index (κ2) is 4.92. The summed E-state index contributed by atoms with van der Waals surface area (Å²) in [4.78, 5) is 9.49. The van der Waals surface area contributed by atoms with Crippen LogP contribution in [0, 0.1) is 13.8 Å². The predicted molar refractivity (Wildman–Crippen MR) is 92.0 cm³/mol. The first kappa shape index (κ1) is 13.0. The molecule has 0 amide bonds. The molecule has 0 spiro atoms. The summed E-state index contributed by atoms with van der Waals surface area (Å²) in [5.41, 5.74) is 6.42. The molecule has 2 aromatic carbocycles. The molecule has 2 aromatic heterocycles. The molecule has 4 rings (SSSR count). The van der Waals surface area contributed by atoms with Gasteiger partial charge in [0.1, 0.15) is 0 Å². The molecule has 2 nitrogen and oxygen atoms in total. The van der Waals surface area contributed by atoms with Gasteiger partial charge < -0.3 is 0 Å². The summed E-state index contributed by atoms with van der Waals surface area (Å²) in [5.74, 6) is 0. The second-order valence-electron chi connectivity index (χ2n) is 5.66. The van der Waals surface area contributed by atoms with E-state index < -0.39 is 0 Å². The molecule has 0 fully saturated rings. The number of fused-ring (bicyclic) bond motifs is 3. The van der Waals surface area contributed by atoms with Crippen LogP contribution in [0.3, 0.4) is 0 Å². The summed E-state index contributed by atoms with van der Waals surface area (Å²) < 4.78 is 0. The molecule has 0 N–H and O–H groups in total. The molecule has 106 valence electrons. The lowest BCUT2D eigenvalue weighted by molar-refractivity contribution is 1.23. The number of aromatic nitrogens is 2. The molecule has 0 aliphatic rings. The van der Waals surface area contributed by atoms with Crippen LogP contribution >= 0.6 is 0 Å². The second-order valence-corrected chi connectivity index (χ2v) is 5.66. The number of hydrogen-bond acceptors (Lipinski definition) is 2. The van der Waals surface area contributed by atoms with Crippen LogP contribution in [0.5, 0.6) is 0 Å². The molecule has 22 heavy (non-hydrogen) atoms. The van der Waals surface area contributed by atoms with Crippen molar-refractivity contribution in [1.29, 1.82) is 0 Å². The van der Waals surface area contributed by atoms with Crippen LogP contribution in [0.25, 0.3) is 32.9 Å². The van der Waals surface area contributed by atoms with Crippen LogP contribution in [0.15, 0.2) is 60.7 Å². The highest BCUT2D eigenvalue weighted by Crippen LogP contribution is 2.33. The van der Waals surface area contributed by atoms with E-state index in [9.17, 15) is 0 Å². The third-order valence-electron chi connectivity index (χ3n) is 4.00. The van der Waals surface area contributed by atoms with Crippen LogP contribution in [0.1, 0.15) is 11.4 Å². The summed E-state index contributed by atoms with van der Waals surface area (Å²) in [6.07, 6.45) is 0. The van der Waals surface area contributed by atoms with E-state index in [2.05, 4.69) is 54.6 Å². The molecular weight excluding hydrogens is 268 g/mol. The Morgan fingerprint density at radius 2 is 1.36 bits per heavy atom. The van der Waals surface area contributed by atoms with E-state index in [-0.39, 0.29) is 0 Å². The zero-order chi connectivity index (χ0) is 15.1. The molecule has 0 radical (unpaired) electrons. The molecule has 2 heteroatoms. The number of rotatable bonds is 1. The van der Waals surface area contributed by atoms with E-state index in [1.807, 2.05) is 19.9 Å². The lowest BCUT2D eigenvalue weighted by Gasteiger charge is -2.11. The van der Waals surface area contributed by atoms with E-state index in [0.29, 0.717) is 0 Å². The van der Waals surface area contributed by atoms with Crippen molar-refractivity contribution in [2.45, 2.75) is 13.8 Å². The van der Waals surface area contributed by atoms with Gasteiger partial charge in [-0.05, 0) is 43.2 Å². The number of nitrogens with zero attached hydrogens (tertiary/aromatic N) is 2. The summed E-state index contributed by atoms with van der Waals surface area (Å²) in [7, 11) is 0. The number of pyridine rings is 2. The fourth-order valence-corrected chi connectivity index (χ4v) is 2.92. The van der Waals surface area contributed by atoms with Crippen molar-refractivity contribution < 1.29 is 0 Å². The minimum absolute atomic E-state index is 0.985. The molecule has 0 atom stereocenters. The third kappa shape index (κ3) is 2.04. The Hall–Kier alpha value is -2.74. The van der Waals surface area contributed by atoms with Crippen LogP contribution in [-0.4, -0.2) is 9.97 Å². The Labute approximate surface area is 129 Å². The molecular formula is C20H16N2. The molecule has 0 bridgehead atoms. The van der Waals surface area contributed by atoms with E-state index >= 15 is 0 Å². The molecule has 4 aromatic rings. The van der Waals surface area contributed by atoms with Crippen molar-refractivity contribution in [3.05, 3.63) is 72.1 Å². The first-order chi connectivity index (χ1) is 10.7. The summed E-state index contributed by atoms with van der Waals surface area (Å²) in [6, 6.07) is 21.1. The number of hydrogen-bond donors (Lipinski definition) is 0. The maximum atomic E-state index is 4.77. The van der Waals surface area contributed by atoms with E-state index in [1.54, 1.807) is 0 Å². The van der Waals surface area contributed by atoms with E-state index in [4.69, 9.17) is 9.97 Å². The van der Waals surface area contributed by atoms with Gasteiger partial charge in [0.15, 0.2) is 0 Å². The van der Waals surface area contributed by atoms with Gasteiger partial charge in [-0.15, -0.1) is 0 Å². The van der Waals surface area contributed by atoms with Crippen LogP contribution < -0.4 is 0 Å². The standard InChI is InChI=1S/C20H16N2/c1-13-8-10-16-12-18(15-6-4-3-5-7-15)17-11-9-14(2)22-20(17)19(16)21-13/h3-12H,1-2H3. The molecule has 0 saturated heterocycles. The van der Waals surface area contributed by atoms with Crippen LogP contribution in [-0.2, 0) is 0 Å². The Balaban J connectivity index is 2.19. The quantitative estimate of drug-likeness (QED) is 0.456.